The predicted molar refractivity (Wildman–Crippen MR) is 90.1 cm³/mol. The molecule has 0 unspecified atom stereocenters. The van der Waals surface area contributed by atoms with Gasteiger partial charge in [-0.2, -0.15) is 5.11 Å². The van der Waals surface area contributed by atoms with Crippen molar-refractivity contribution >= 4 is 17.1 Å². The molecule has 0 heterocycles. The van der Waals surface area contributed by atoms with Crippen LogP contribution in [0.2, 0.25) is 0 Å². The highest BCUT2D eigenvalue weighted by atomic mass is 19.1. The monoisotopic (exact) mass is 317 g/mol. The zero-order valence-corrected chi connectivity index (χ0v) is 13.9. The number of rotatable bonds is 5. The molecular formula is C18H21F2N3. The Morgan fingerprint density at radius 3 is 1.83 bits per heavy atom. The second-order valence-electron chi connectivity index (χ2n) is 5.49. The highest BCUT2D eigenvalue weighted by Gasteiger charge is 2.16. The average molecular weight is 317 g/mol. The topological polar surface area (TPSA) is 28.0 Å². The largest absolute Gasteiger partial charge is 0.378 e. The maximum absolute atomic E-state index is 14.3. The molecule has 0 aliphatic rings. The zero-order valence-electron chi connectivity index (χ0n) is 13.9. The highest BCUT2D eigenvalue weighted by Crippen LogP contribution is 2.31. The van der Waals surface area contributed by atoms with Crippen molar-refractivity contribution in [2.45, 2.75) is 26.7 Å². The summed E-state index contributed by atoms with van der Waals surface area (Å²) in [6.07, 6.45) is 0.971. The van der Waals surface area contributed by atoms with Crippen LogP contribution in [-0.2, 0) is 12.8 Å². The average Bonchev–Trinajstić information content (AvgIpc) is 2.55. The van der Waals surface area contributed by atoms with E-state index in [-0.39, 0.29) is 5.69 Å². The minimum atomic E-state index is -0.629. The van der Waals surface area contributed by atoms with E-state index in [2.05, 4.69) is 10.2 Å². The Bertz CT molecular complexity index is 679. The normalized spacial score (nSPS) is 11.2. The van der Waals surface area contributed by atoms with Crippen molar-refractivity contribution in [2.75, 3.05) is 19.0 Å². The van der Waals surface area contributed by atoms with Gasteiger partial charge in [0, 0.05) is 19.8 Å². The molecule has 0 aliphatic carbocycles. The molecule has 0 bridgehead atoms. The van der Waals surface area contributed by atoms with Crippen LogP contribution in [0, 0.1) is 11.6 Å². The van der Waals surface area contributed by atoms with Gasteiger partial charge in [0.05, 0.1) is 5.69 Å². The smallest absolute Gasteiger partial charge is 0.157 e. The summed E-state index contributed by atoms with van der Waals surface area (Å²) in [4.78, 5) is 1.96. The molecule has 122 valence electrons. The third-order valence-electron chi connectivity index (χ3n) is 3.72. The number of nitrogens with zero attached hydrogens (tertiary/aromatic N) is 3. The van der Waals surface area contributed by atoms with Crippen molar-refractivity contribution in [3.05, 3.63) is 53.1 Å². The fourth-order valence-corrected chi connectivity index (χ4v) is 2.27. The first-order valence-corrected chi connectivity index (χ1v) is 7.66. The summed E-state index contributed by atoms with van der Waals surface area (Å²) in [6.45, 7) is 3.66. The molecule has 2 rings (SSSR count). The third-order valence-corrected chi connectivity index (χ3v) is 3.72. The van der Waals surface area contributed by atoms with Gasteiger partial charge in [0.25, 0.3) is 0 Å². The molecule has 0 N–H and O–H groups in total. The molecule has 0 amide bonds. The van der Waals surface area contributed by atoms with Gasteiger partial charge in [0.2, 0.25) is 0 Å². The van der Waals surface area contributed by atoms with Gasteiger partial charge in [-0.1, -0.05) is 13.8 Å². The molecule has 2 aromatic carbocycles. The van der Waals surface area contributed by atoms with Crippen molar-refractivity contribution in [2.24, 2.45) is 10.2 Å². The van der Waals surface area contributed by atoms with E-state index in [0.29, 0.717) is 29.7 Å². The maximum atomic E-state index is 14.3. The van der Waals surface area contributed by atoms with Crippen molar-refractivity contribution in [3.63, 3.8) is 0 Å². The molecular weight excluding hydrogens is 296 g/mol. The Kier molecular flexibility index (Phi) is 5.42. The van der Waals surface area contributed by atoms with E-state index in [1.54, 1.807) is 18.2 Å². The minimum absolute atomic E-state index is 0.308. The number of hydrogen-bond acceptors (Lipinski definition) is 3. The number of aryl methyl sites for hydroxylation is 2. The summed E-state index contributed by atoms with van der Waals surface area (Å²) in [7, 11) is 3.87. The van der Waals surface area contributed by atoms with Crippen molar-refractivity contribution in [1.29, 1.82) is 0 Å². The maximum Gasteiger partial charge on any atom is 0.157 e. The predicted octanol–water partition coefficient (Wildman–Crippen LogP) is 5.57. The molecule has 0 saturated carbocycles. The summed E-state index contributed by atoms with van der Waals surface area (Å²) in [5.41, 5.74) is 2.18. The summed E-state index contributed by atoms with van der Waals surface area (Å²) in [6, 6.07) is 8.84. The van der Waals surface area contributed by atoms with Crippen molar-refractivity contribution in [1.82, 2.24) is 0 Å². The lowest BCUT2D eigenvalue weighted by molar-refractivity contribution is 0.566. The van der Waals surface area contributed by atoms with Gasteiger partial charge in [-0.25, -0.2) is 8.78 Å². The summed E-state index contributed by atoms with van der Waals surface area (Å²) >= 11 is 0. The Morgan fingerprint density at radius 2 is 1.39 bits per heavy atom. The summed E-state index contributed by atoms with van der Waals surface area (Å²) in [5, 5.41) is 7.80. The first-order chi connectivity index (χ1) is 11.0. The van der Waals surface area contributed by atoms with E-state index in [1.807, 2.05) is 45.0 Å². The molecule has 0 fully saturated rings. The fourth-order valence-electron chi connectivity index (χ4n) is 2.27. The van der Waals surface area contributed by atoms with E-state index < -0.39 is 11.6 Å². The van der Waals surface area contributed by atoms with Crippen LogP contribution in [0.1, 0.15) is 25.0 Å². The molecule has 0 spiro atoms. The minimum Gasteiger partial charge on any atom is -0.378 e. The van der Waals surface area contributed by atoms with Gasteiger partial charge < -0.3 is 4.90 Å². The number of anilines is 1. The lowest BCUT2D eigenvalue weighted by Crippen LogP contribution is -2.07. The Morgan fingerprint density at radius 1 is 0.870 bits per heavy atom. The second-order valence-corrected chi connectivity index (χ2v) is 5.49. The molecule has 0 atom stereocenters. The lowest BCUT2D eigenvalue weighted by atomic mass is 10.0. The van der Waals surface area contributed by atoms with Gasteiger partial charge >= 0.3 is 0 Å². The molecule has 5 heteroatoms. The number of benzene rings is 2. The van der Waals surface area contributed by atoms with Gasteiger partial charge in [0.15, 0.2) is 17.3 Å². The van der Waals surface area contributed by atoms with E-state index in [4.69, 9.17) is 0 Å². The molecule has 0 aliphatic heterocycles. The first kappa shape index (κ1) is 17.1. The molecule has 0 radical (unpaired) electrons. The molecule has 0 aromatic heterocycles. The number of hydrogen-bond donors (Lipinski definition) is 0. The quantitative estimate of drug-likeness (QED) is 0.662. The van der Waals surface area contributed by atoms with Gasteiger partial charge in [0.1, 0.15) is 0 Å². The van der Waals surface area contributed by atoms with Crippen LogP contribution in [0.25, 0.3) is 0 Å². The molecule has 0 saturated heterocycles. The second kappa shape index (κ2) is 7.31. The number of azo groups is 1. The van der Waals surface area contributed by atoms with E-state index in [1.165, 1.54) is 0 Å². The molecule has 23 heavy (non-hydrogen) atoms. The molecule has 2 aromatic rings. The van der Waals surface area contributed by atoms with Crippen LogP contribution in [-0.4, -0.2) is 14.1 Å². The van der Waals surface area contributed by atoms with Gasteiger partial charge in [-0.3, -0.25) is 0 Å². The fraction of sp³-hybridized carbons (Fsp3) is 0.333. The van der Waals surface area contributed by atoms with E-state index in [0.717, 1.165) is 5.69 Å². The van der Waals surface area contributed by atoms with Gasteiger partial charge in [-0.15, -0.1) is 5.11 Å². The van der Waals surface area contributed by atoms with Crippen molar-refractivity contribution in [3.8, 4) is 0 Å². The van der Waals surface area contributed by atoms with Crippen LogP contribution in [0.4, 0.5) is 25.8 Å². The standard InChI is InChI=1S/C18H21F2N3/c1-5-12-11-13(6-2)17(20)18(16(12)19)22-21-14-7-9-15(10-8-14)23(3)4/h7-11H,5-6H2,1-4H3. The SMILES string of the molecule is CCc1cc(CC)c(F)c(N=Nc2ccc(N(C)C)cc2)c1F. The van der Waals surface area contributed by atoms with Crippen LogP contribution >= 0.6 is 0 Å². The van der Waals surface area contributed by atoms with Crippen LogP contribution < -0.4 is 4.90 Å². The molecule has 3 nitrogen and oxygen atoms in total. The summed E-state index contributed by atoms with van der Waals surface area (Å²) in [5.74, 6) is -1.26. The Labute approximate surface area is 135 Å². The zero-order chi connectivity index (χ0) is 17.0. The van der Waals surface area contributed by atoms with Gasteiger partial charge in [-0.05, 0) is 54.3 Å². The Hall–Kier alpha value is -2.30. The first-order valence-electron chi connectivity index (χ1n) is 7.66. The van der Waals surface area contributed by atoms with Crippen LogP contribution in [0.3, 0.4) is 0 Å². The van der Waals surface area contributed by atoms with Crippen LogP contribution in [0.15, 0.2) is 40.6 Å². The van der Waals surface area contributed by atoms with E-state index >= 15 is 0 Å². The Balaban J connectivity index is 2.38. The van der Waals surface area contributed by atoms with Crippen LogP contribution in [0.5, 0.6) is 0 Å². The van der Waals surface area contributed by atoms with E-state index in [9.17, 15) is 8.78 Å². The highest BCUT2D eigenvalue weighted by molar-refractivity contribution is 5.52. The lowest BCUT2D eigenvalue weighted by Gasteiger charge is -2.11. The summed E-state index contributed by atoms with van der Waals surface area (Å²) < 4.78 is 28.6. The third kappa shape index (κ3) is 3.73. The number of halogens is 2. The van der Waals surface area contributed by atoms with Crippen molar-refractivity contribution < 1.29 is 8.78 Å².